The van der Waals surface area contributed by atoms with Gasteiger partial charge in [-0.05, 0) is 61.9 Å². The summed E-state index contributed by atoms with van der Waals surface area (Å²) in [5.41, 5.74) is 4.30. The maximum atomic E-state index is 12.8. The zero-order valence-electron chi connectivity index (χ0n) is 15.6. The van der Waals surface area contributed by atoms with Gasteiger partial charge in [0.1, 0.15) is 4.83 Å². The van der Waals surface area contributed by atoms with Gasteiger partial charge >= 0.3 is 0 Å². The molecule has 1 N–H and O–H groups in total. The standard InChI is InChI=1S/C20H21N3O2S2/c1-11-7-8-13(9-12(11)2)21-16(24)10-26-20-22-18-17(19(25)23(20)3)14-5-4-6-15(14)27-18/h7-9H,4-6,10H2,1-3H3,(H,21,24). The van der Waals surface area contributed by atoms with Crippen molar-refractivity contribution in [3.63, 3.8) is 0 Å². The van der Waals surface area contributed by atoms with Crippen LogP contribution in [0.2, 0.25) is 0 Å². The normalized spacial score (nSPS) is 13.1. The lowest BCUT2D eigenvalue weighted by atomic mass is 10.1. The number of rotatable bonds is 4. The van der Waals surface area contributed by atoms with Gasteiger partial charge in [0.25, 0.3) is 5.56 Å². The van der Waals surface area contributed by atoms with E-state index in [1.807, 2.05) is 32.0 Å². The van der Waals surface area contributed by atoms with Crippen LogP contribution in [0.3, 0.4) is 0 Å². The van der Waals surface area contributed by atoms with Crippen LogP contribution in [-0.2, 0) is 24.7 Å². The molecule has 0 spiro atoms. The molecule has 0 saturated carbocycles. The van der Waals surface area contributed by atoms with E-state index in [2.05, 4.69) is 10.3 Å². The molecule has 3 aromatic rings. The highest BCUT2D eigenvalue weighted by Gasteiger charge is 2.22. The molecule has 2 heterocycles. The Morgan fingerprint density at radius 1 is 1.30 bits per heavy atom. The Morgan fingerprint density at radius 3 is 2.89 bits per heavy atom. The van der Waals surface area contributed by atoms with Gasteiger partial charge in [-0.25, -0.2) is 4.98 Å². The summed E-state index contributed by atoms with van der Waals surface area (Å²) in [6.45, 7) is 4.06. The fourth-order valence-corrected chi connectivity index (χ4v) is 5.46. The number of amides is 1. The summed E-state index contributed by atoms with van der Waals surface area (Å²) in [6, 6.07) is 5.86. The molecular weight excluding hydrogens is 378 g/mol. The van der Waals surface area contributed by atoms with Crippen LogP contribution in [0.4, 0.5) is 5.69 Å². The van der Waals surface area contributed by atoms with Crippen molar-refractivity contribution in [1.82, 2.24) is 9.55 Å². The van der Waals surface area contributed by atoms with Gasteiger partial charge in [-0.1, -0.05) is 17.8 Å². The number of hydrogen-bond donors (Lipinski definition) is 1. The maximum absolute atomic E-state index is 12.8. The summed E-state index contributed by atoms with van der Waals surface area (Å²) in [5, 5.41) is 4.27. The Kier molecular flexibility index (Phi) is 4.82. The molecule has 4 rings (SSSR count). The summed E-state index contributed by atoms with van der Waals surface area (Å²) in [4.78, 5) is 31.9. The summed E-state index contributed by atoms with van der Waals surface area (Å²) in [7, 11) is 1.73. The number of fused-ring (bicyclic) bond motifs is 3. The topological polar surface area (TPSA) is 64.0 Å². The number of carbonyl (C=O) groups excluding carboxylic acids is 1. The predicted octanol–water partition coefficient (Wildman–Crippen LogP) is 3.83. The third kappa shape index (κ3) is 3.41. The second kappa shape index (κ2) is 7.13. The average molecular weight is 400 g/mol. The molecule has 5 nitrogen and oxygen atoms in total. The molecule has 0 aliphatic heterocycles. The molecule has 0 atom stereocenters. The Balaban J connectivity index is 1.52. The van der Waals surface area contributed by atoms with Crippen molar-refractivity contribution in [3.8, 4) is 0 Å². The molecule has 1 aliphatic carbocycles. The second-order valence-corrected chi connectivity index (χ2v) is 8.96. The third-order valence-corrected chi connectivity index (χ3v) is 7.24. The number of benzene rings is 1. The first-order chi connectivity index (χ1) is 12.9. The van der Waals surface area contributed by atoms with E-state index in [4.69, 9.17) is 0 Å². The van der Waals surface area contributed by atoms with E-state index in [-0.39, 0.29) is 17.2 Å². The maximum Gasteiger partial charge on any atom is 0.262 e. The van der Waals surface area contributed by atoms with Crippen molar-refractivity contribution in [2.45, 2.75) is 38.3 Å². The number of carbonyl (C=O) groups is 1. The van der Waals surface area contributed by atoms with Crippen LogP contribution in [-0.4, -0.2) is 21.2 Å². The van der Waals surface area contributed by atoms with Crippen molar-refractivity contribution < 1.29 is 4.79 Å². The van der Waals surface area contributed by atoms with Gasteiger partial charge in [-0.3, -0.25) is 14.2 Å². The molecule has 7 heteroatoms. The molecule has 140 valence electrons. The van der Waals surface area contributed by atoms with Gasteiger partial charge in [-0.2, -0.15) is 0 Å². The van der Waals surface area contributed by atoms with Crippen molar-refractivity contribution >= 4 is 44.9 Å². The number of thioether (sulfide) groups is 1. The van der Waals surface area contributed by atoms with Gasteiger partial charge in [0, 0.05) is 17.6 Å². The zero-order chi connectivity index (χ0) is 19.1. The third-order valence-electron chi connectivity index (χ3n) is 5.03. The number of thiophene rings is 1. The van der Waals surface area contributed by atoms with Crippen LogP contribution in [0.1, 0.15) is 28.0 Å². The Labute approximate surface area is 165 Å². The highest BCUT2D eigenvalue weighted by atomic mass is 32.2. The molecule has 0 saturated heterocycles. The lowest BCUT2D eigenvalue weighted by Crippen LogP contribution is -2.21. The van der Waals surface area contributed by atoms with Gasteiger partial charge < -0.3 is 5.32 Å². The quantitative estimate of drug-likeness (QED) is 0.535. The smallest absolute Gasteiger partial charge is 0.262 e. The van der Waals surface area contributed by atoms with Gasteiger partial charge in [0.2, 0.25) is 5.91 Å². The fraction of sp³-hybridized carbons (Fsp3) is 0.350. The van der Waals surface area contributed by atoms with Crippen LogP contribution in [0.15, 0.2) is 28.2 Å². The van der Waals surface area contributed by atoms with Crippen LogP contribution in [0, 0.1) is 13.8 Å². The largest absolute Gasteiger partial charge is 0.325 e. The minimum absolute atomic E-state index is 0.00327. The molecule has 0 bridgehead atoms. The predicted molar refractivity (Wildman–Crippen MR) is 112 cm³/mol. The fourth-order valence-electron chi connectivity index (χ4n) is 3.38. The molecule has 1 aromatic carbocycles. The Hall–Kier alpha value is -2.12. The van der Waals surface area contributed by atoms with Crippen LogP contribution in [0.5, 0.6) is 0 Å². The van der Waals surface area contributed by atoms with E-state index < -0.39 is 0 Å². The highest BCUT2D eigenvalue weighted by molar-refractivity contribution is 7.99. The number of nitrogens with one attached hydrogen (secondary N) is 1. The molecular formula is C20H21N3O2S2. The number of nitrogens with zero attached hydrogens (tertiary/aromatic N) is 2. The van der Waals surface area contributed by atoms with E-state index in [0.29, 0.717) is 5.16 Å². The number of aryl methyl sites for hydroxylation is 4. The molecule has 0 unspecified atom stereocenters. The number of hydrogen-bond acceptors (Lipinski definition) is 5. The van der Waals surface area contributed by atoms with E-state index in [1.54, 1.807) is 23.0 Å². The van der Waals surface area contributed by atoms with Crippen molar-refractivity contribution in [2.75, 3.05) is 11.1 Å². The summed E-state index contributed by atoms with van der Waals surface area (Å²) in [6.07, 6.45) is 3.13. The SMILES string of the molecule is Cc1ccc(NC(=O)CSc2nc3sc4c(c3c(=O)n2C)CCC4)cc1C. The highest BCUT2D eigenvalue weighted by Crippen LogP contribution is 2.35. The van der Waals surface area contributed by atoms with Crippen molar-refractivity contribution in [2.24, 2.45) is 7.05 Å². The summed E-state index contributed by atoms with van der Waals surface area (Å²) < 4.78 is 1.57. The van der Waals surface area contributed by atoms with Crippen LogP contribution >= 0.6 is 23.1 Å². The molecule has 0 radical (unpaired) electrons. The lowest BCUT2D eigenvalue weighted by molar-refractivity contribution is -0.113. The van der Waals surface area contributed by atoms with E-state index in [1.165, 1.54) is 27.8 Å². The van der Waals surface area contributed by atoms with E-state index >= 15 is 0 Å². The molecule has 27 heavy (non-hydrogen) atoms. The van der Waals surface area contributed by atoms with Crippen LogP contribution < -0.4 is 10.9 Å². The van der Waals surface area contributed by atoms with Gasteiger partial charge in [0.05, 0.1) is 11.1 Å². The lowest BCUT2D eigenvalue weighted by Gasteiger charge is -2.09. The monoisotopic (exact) mass is 399 g/mol. The second-order valence-electron chi connectivity index (χ2n) is 6.93. The van der Waals surface area contributed by atoms with Gasteiger partial charge in [-0.15, -0.1) is 11.3 Å². The van der Waals surface area contributed by atoms with Crippen molar-refractivity contribution in [1.29, 1.82) is 0 Å². The minimum atomic E-state index is -0.105. The molecule has 1 aliphatic rings. The van der Waals surface area contributed by atoms with Crippen LogP contribution in [0.25, 0.3) is 10.2 Å². The number of aromatic nitrogens is 2. The summed E-state index contributed by atoms with van der Waals surface area (Å²) in [5.74, 6) is 0.107. The molecule has 2 aromatic heterocycles. The summed E-state index contributed by atoms with van der Waals surface area (Å²) >= 11 is 2.92. The van der Waals surface area contributed by atoms with Gasteiger partial charge in [0.15, 0.2) is 5.16 Å². The average Bonchev–Trinajstić information content (AvgIpc) is 3.20. The Bertz CT molecular complexity index is 1110. The zero-order valence-corrected chi connectivity index (χ0v) is 17.2. The van der Waals surface area contributed by atoms with E-state index in [0.717, 1.165) is 40.7 Å². The first-order valence-corrected chi connectivity index (χ1v) is 10.8. The first kappa shape index (κ1) is 18.3. The van der Waals surface area contributed by atoms with Crippen molar-refractivity contribution in [3.05, 3.63) is 50.1 Å². The first-order valence-electron chi connectivity index (χ1n) is 8.95. The number of anilines is 1. The molecule has 0 fully saturated rings. The Morgan fingerprint density at radius 2 is 2.11 bits per heavy atom. The minimum Gasteiger partial charge on any atom is -0.325 e. The van der Waals surface area contributed by atoms with E-state index in [9.17, 15) is 9.59 Å². The molecule has 1 amide bonds.